The summed E-state index contributed by atoms with van der Waals surface area (Å²) < 4.78 is 0. The molecule has 0 heterocycles. The molecular weight excluding hydrogens is 520 g/mol. The van der Waals surface area contributed by atoms with Crippen molar-refractivity contribution in [2.45, 2.75) is 181 Å². The van der Waals surface area contributed by atoms with Crippen LogP contribution in [0.5, 0.6) is 0 Å². The maximum Gasteiger partial charge on any atom is 0.303 e. The minimum atomic E-state index is -1.15. The Hall–Kier alpha value is -1.13. The molecule has 0 fully saturated rings. The van der Waals surface area contributed by atoms with Crippen molar-refractivity contribution < 1.29 is 20.1 Å². The maximum atomic E-state index is 10.8. The van der Waals surface area contributed by atoms with E-state index >= 15 is 0 Å². The van der Waals surface area contributed by atoms with E-state index in [1.165, 1.54) is 116 Å². The minimum absolute atomic E-state index is 0.309. The van der Waals surface area contributed by atoms with Gasteiger partial charge in [0.25, 0.3) is 0 Å². The van der Waals surface area contributed by atoms with Gasteiger partial charge < -0.3 is 15.3 Å². The zero-order valence-electron chi connectivity index (χ0n) is 27.6. The van der Waals surface area contributed by atoms with Gasteiger partial charge in [-0.25, -0.2) is 0 Å². The highest BCUT2D eigenvalue weighted by Gasteiger charge is 2.38. The van der Waals surface area contributed by atoms with Crippen molar-refractivity contribution in [2.24, 2.45) is 29.6 Å². The summed E-state index contributed by atoms with van der Waals surface area (Å²) >= 11 is 0. The third-order valence-corrected chi connectivity index (χ3v) is 10.3. The van der Waals surface area contributed by atoms with Gasteiger partial charge in [0.15, 0.2) is 6.29 Å². The predicted octanol–water partition coefficient (Wildman–Crippen LogP) is 10.8. The lowest BCUT2D eigenvalue weighted by Gasteiger charge is -2.44. The molecule has 0 bridgehead atoms. The molecule has 0 aromatic heterocycles. The number of carboxylic acids is 1. The second kappa shape index (κ2) is 23.3. The fourth-order valence-electron chi connectivity index (χ4n) is 7.81. The van der Waals surface area contributed by atoms with Crippen LogP contribution in [0.1, 0.15) is 174 Å². The van der Waals surface area contributed by atoms with E-state index < -0.39 is 12.3 Å². The van der Waals surface area contributed by atoms with E-state index in [-0.39, 0.29) is 0 Å². The predicted molar refractivity (Wildman–Crippen MR) is 177 cm³/mol. The number of allylic oxidation sites excluding steroid dienone is 4. The molecule has 0 spiro atoms. The van der Waals surface area contributed by atoms with Crippen LogP contribution in [0.3, 0.4) is 0 Å². The lowest BCUT2D eigenvalue weighted by Crippen LogP contribution is -2.35. The van der Waals surface area contributed by atoms with Crippen LogP contribution in [0, 0.1) is 29.6 Å². The van der Waals surface area contributed by atoms with Gasteiger partial charge in [-0.15, -0.1) is 0 Å². The van der Waals surface area contributed by atoms with Crippen LogP contribution in [0.2, 0.25) is 0 Å². The van der Waals surface area contributed by atoms with Crippen molar-refractivity contribution in [3.8, 4) is 0 Å². The molecule has 5 atom stereocenters. The van der Waals surface area contributed by atoms with Crippen LogP contribution in [-0.2, 0) is 4.79 Å². The van der Waals surface area contributed by atoms with E-state index in [0.29, 0.717) is 30.6 Å². The molecule has 244 valence electrons. The zero-order valence-corrected chi connectivity index (χ0v) is 27.6. The summed E-state index contributed by atoms with van der Waals surface area (Å²) in [4.78, 5) is 10.8. The Morgan fingerprint density at radius 3 is 2.02 bits per heavy atom. The molecule has 4 nitrogen and oxygen atoms in total. The van der Waals surface area contributed by atoms with Gasteiger partial charge in [0.05, 0.1) is 0 Å². The number of aliphatic hydroxyl groups is 2. The first-order valence-electron chi connectivity index (χ1n) is 18.4. The molecule has 2 rings (SSSR count). The van der Waals surface area contributed by atoms with E-state index in [4.69, 9.17) is 15.3 Å². The molecule has 4 heteroatoms. The largest absolute Gasteiger partial charge is 0.481 e. The van der Waals surface area contributed by atoms with Crippen molar-refractivity contribution >= 4 is 5.97 Å². The zero-order chi connectivity index (χ0) is 30.4. The first-order chi connectivity index (χ1) is 20.5. The van der Waals surface area contributed by atoms with Crippen molar-refractivity contribution in [3.63, 3.8) is 0 Å². The van der Waals surface area contributed by atoms with E-state index in [1.54, 1.807) is 0 Å². The standard InChI is InChI=1S/C38H68O4/c1-3-5-7-15-22-32-29-34-28-27-31(21-17-11-9-13-19-25-37(39)40)35(24-18-12-10-14-20-26-38(41)42)36(34)30-33(32)23-16-8-6-4-2/h27-28,30-32,34-36,38,41-42H,3-26,29H2,1-2H3,(H,39,40). The monoisotopic (exact) mass is 589 g/mol. The van der Waals surface area contributed by atoms with Crippen LogP contribution < -0.4 is 0 Å². The molecule has 2 aliphatic carbocycles. The number of fused-ring (bicyclic) bond motifs is 1. The third-order valence-electron chi connectivity index (χ3n) is 10.3. The number of aliphatic carboxylic acids is 1. The molecule has 0 amide bonds. The van der Waals surface area contributed by atoms with Crippen LogP contribution in [0.15, 0.2) is 23.8 Å². The molecule has 5 unspecified atom stereocenters. The maximum absolute atomic E-state index is 10.8. The lowest BCUT2D eigenvalue weighted by molar-refractivity contribution is -0.137. The molecular formula is C38H68O4. The molecule has 42 heavy (non-hydrogen) atoms. The Morgan fingerprint density at radius 2 is 1.33 bits per heavy atom. The summed E-state index contributed by atoms with van der Waals surface area (Å²) in [5.74, 6) is 2.96. The summed E-state index contributed by atoms with van der Waals surface area (Å²) in [6, 6.07) is 0. The molecule has 0 saturated carbocycles. The minimum Gasteiger partial charge on any atom is -0.481 e. The average molecular weight is 589 g/mol. The van der Waals surface area contributed by atoms with Crippen molar-refractivity contribution in [3.05, 3.63) is 23.8 Å². The average Bonchev–Trinajstić information content (AvgIpc) is 2.96. The second-order valence-corrected chi connectivity index (χ2v) is 13.8. The van der Waals surface area contributed by atoms with Gasteiger partial charge in [0, 0.05) is 6.42 Å². The fourth-order valence-corrected chi connectivity index (χ4v) is 7.81. The Kier molecular flexibility index (Phi) is 20.5. The van der Waals surface area contributed by atoms with Gasteiger partial charge in [-0.05, 0) is 87.4 Å². The fraction of sp³-hybridized carbons (Fsp3) is 0.868. The number of unbranched alkanes of at least 4 members (excludes halogenated alkanes) is 14. The van der Waals surface area contributed by atoms with E-state index in [9.17, 15) is 4.79 Å². The highest BCUT2D eigenvalue weighted by molar-refractivity contribution is 5.66. The summed E-state index contributed by atoms with van der Waals surface area (Å²) in [7, 11) is 0. The van der Waals surface area contributed by atoms with Crippen molar-refractivity contribution in [1.82, 2.24) is 0 Å². The van der Waals surface area contributed by atoms with Gasteiger partial charge in [0.2, 0.25) is 0 Å². The molecule has 0 saturated heterocycles. The smallest absolute Gasteiger partial charge is 0.303 e. The van der Waals surface area contributed by atoms with Crippen molar-refractivity contribution in [2.75, 3.05) is 0 Å². The van der Waals surface area contributed by atoms with E-state index in [2.05, 4.69) is 32.1 Å². The molecule has 0 aromatic rings. The highest BCUT2D eigenvalue weighted by atomic mass is 16.5. The second-order valence-electron chi connectivity index (χ2n) is 13.8. The van der Waals surface area contributed by atoms with E-state index in [0.717, 1.165) is 43.9 Å². The summed E-state index contributed by atoms with van der Waals surface area (Å²) in [5, 5.41) is 27.2. The first kappa shape index (κ1) is 37.1. The number of carboxylic acid groups (broad SMARTS) is 1. The van der Waals surface area contributed by atoms with Crippen LogP contribution in [0.25, 0.3) is 0 Å². The topological polar surface area (TPSA) is 77.8 Å². The van der Waals surface area contributed by atoms with E-state index in [1.807, 2.05) is 5.57 Å². The van der Waals surface area contributed by atoms with Gasteiger partial charge in [0.1, 0.15) is 0 Å². The Morgan fingerprint density at radius 1 is 0.738 bits per heavy atom. The third kappa shape index (κ3) is 15.6. The summed E-state index contributed by atoms with van der Waals surface area (Å²) in [5.41, 5.74) is 1.81. The Labute approximate surface area is 259 Å². The normalized spacial score (nSPS) is 23.7. The van der Waals surface area contributed by atoms with Gasteiger partial charge >= 0.3 is 5.97 Å². The number of hydrogen-bond donors (Lipinski definition) is 3. The quantitative estimate of drug-likeness (QED) is 0.0533. The van der Waals surface area contributed by atoms with Gasteiger partial charge in [-0.3, -0.25) is 4.79 Å². The van der Waals surface area contributed by atoms with Crippen LogP contribution >= 0.6 is 0 Å². The number of hydrogen-bond acceptors (Lipinski definition) is 3. The molecule has 2 aliphatic rings. The Bertz CT molecular complexity index is 741. The van der Waals surface area contributed by atoms with Gasteiger partial charge in [-0.1, -0.05) is 134 Å². The molecule has 3 N–H and O–H groups in total. The lowest BCUT2D eigenvalue weighted by atomic mass is 9.61. The number of aliphatic hydroxyl groups excluding tert-OH is 1. The molecule has 0 aromatic carbocycles. The Balaban J connectivity index is 2.03. The first-order valence-corrected chi connectivity index (χ1v) is 18.4. The molecule has 0 radical (unpaired) electrons. The van der Waals surface area contributed by atoms with Gasteiger partial charge in [-0.2, -0.15) is 0 Å². The number of carbonyl (C=O) groups is 1. The number of rotatable bonds is 26. The summed E-state index contributed by atoms with van der Waals surface area (Å²) in [6.07, 6.45) is 36.5. The highest BCUT2D eigenvalue weighted by Crippen LogP contribution is 2.48. The summed E-state index contributed by atoms with van der Waals surface area (Å²) in [6.45, 7) is 4.62. The molecule has 0 aliphatic heterocycles. The van der Waals surface area contributed by atoms with Crippen molar-refractivity contribution in [1.29, 1.82) is 0 Å². The van der Waals surface area contributed by atoms with Crippen LogP contribution in [-0.4, -0.2) is 27.6 Å². The SMILES string of the molecule is CCCCCCC1=CC2C(C=CC(CCCCCCCC(=O)O)C2CCCCCCCC(O)O)CC1CCCCCC. The van der Waals surface area contributed by atoms with Crippen LogP contribution in [0.4, 0.5) is 0 Å².